The van der Waals surface area contributed by atoms with Gasteiger partial charge in [0.1, 0.15) is 0 Å². The van der Waals surface area contributed by atoms with Gasteiger partial charge in [-0.05, 0) is 18.6 Å². The van der Waals surface area contributed by atoms with Crippen LogP contribution in [-0.2, 0) is 14.8 Å². The number of carboxylic acid groups (broad SMARTS) is 1. The number of hydrogen-bond donors (Lipinski definition) is 2. The molecule has 0 aromatic heterocycles. The van der Waals surface area contributed by atoms with Crippen molar-refractivity contribution in [3.63, 3.8) is 0 Å². The summed E-state index contributed by atoms with van der Waals surface area (Å²) in [6.07, 6.45) is -2.10. The Morgan fingerprint density at radius 3 is 2.16 bits per heavy atom. The van der Waals surface area contributed by atoms with Gasteiger partial charge in [-0.3, -0.25) is 4.79 Å². The first-order chi connectivity index (χ1) is 15.0. The van der Waals surface area contributed by atoms with E-state index >= 15 is 0 Å². The van der Waals surface area contributed by atoms with Crippen LogP contribution in [-0.4, -0.2) is 85.8 Å². The average Bonchev–Trinajstić information content (AvgIpc) is 2.76. The van der Waals surface area contributed by atoms with Gasteiger partial charge in [-0.15, -0.1) is 0 Å². The van der Waals surface area contributed by atoms with Crippen LogP contribution in [0.4, 0.5) is 13.2 Å². The number of amides is 1. The summed E-state index contributed by atoms with van der Waals surface area (Å²) < 4.78 is 58.3. The number of carbonyl (C=O) groups excluding carboxylic acids is 1. The van der Waals surface area contributed by atoms with E-state index in [1.54, 1.807) is 17.0 Å². The summed E-state index contributed by atoms with van der Waals surface area (Å²) in [5.74, 6) is -2.86. The number of rotatable bonds is 9. The maximum atomic E-state index is 12.7. The van der Waals surface area contributed by atoms with Gasteiger partial charge >= 0.3 is 12.1 Å². The van der Waals surface area contributed by atoms with Crippen molar-refractivity contribution >= 4 is 21.9 Å². The van der Waals surface area contributed by atoms with Crippen LogP contribution < -0.4 is 5.32 Å². The highest BCUT2D eigenvalue weighted by Crippen LogP contribution is 2.13. The summed E-state index contributed by atoms with van der Waals surface area (Å²) in [7, 11) is -3.33. The number of nitrogens with zero attached hydrogens (tertiary/aromatic N) is 2. The molecule has 1 heterocycles. The van der Waals surface area contributed by atoms with Gasteiger partial charge in [0.05, 0.1) is 5.75 Å². The third-order valence-electron chi connectivity index (χ3n) is 4.67. The van der Waals surface area contributed by atoms with Crippen molar-refractivity contribution in [2.24, 2.45) is 0 Å². The Labute approximate surface area is 186 Å². The van der Waals surface area contributed by atoms with Crippen molar-refractivity contribution in [3.05, 3.63) is 35.9 Å². The number of carboxylic acids is 1. The van der Waals surface area contributed by atoms with Crippen molar-refractivity contribution < 1.29 is 36.3 Å². The van der Waals surface area contributed by atoms with Crippen LogP contribution in [0.3, 0.4) is 0 Å². The Hall–Kier alpha value is -2.18. The average molecular weight is 482 g/mol. The van der Waals surface area contributed by atoms with E-state index in [-0.39, 0.29) is 18.2 Å². The fourth-order valence-corrected chi connectivity index (χ4v) is 4.36. The van der Waals surface area contributed by atoms with E-state index in [0.717, 1.165) is 19.3 Å². The maximum absolute atomic E-state index is 12.7. The number of aliphatic carboxylic acids is 1. The molecule has 1 aromatic rings. The fourth-order valence-electron chi connectivity index (χ4n) is 2.91. The first-order valence-electron chi connectivity index (χ1n) is 10.3. The molecular formula is C20H30F3N3O5S. The van der Waals surface area contributed by atoms with Crippen molar-refractivity contribution in [3.8, 4) is 0 Å². The number of nitrogens with one attached hydrogen (secondary N) is 1. The zero-order chi connectivity index (χ0) is 24.2. The van der Waals surface area contributed by atoms with Gasteiger partial charge in [0, 0.05) is 44.8 Å². The third-order valence-corrected chi connectivity index (χ3v) is 6.52. The predicted molar refractivity (Wildman–Crippen MR) is 114 cm³/mol. The van der Waals surface area contributed by atoms with Gasteiger partial charge in [-0.1, -0.05) is 38.0 Å². The predicted octanol–water partition coefficient (Wildman–Crippen LogP) is 2.19. The largest absolute Gasteiger partial charge is 0.490 e. The van der Waals surface area contributed by atoms with Gasteiger partial charge < -0.3 is 15.3 Å². The highest BCUT2D eigenvalue weighted by molar-refractivity contribution is 7.89. The Kier molecular flexibility index (Phi) is 11.7. The standard InChI is InChI=1S/C18H29N3O3S.C2HF3O2/c1-2-3-7-12-20(18(22)17-8-5-4-6-9-17)15-16-25(23,24)21-13-10-19-11-14-21;3-2(4,5)1(6)7/h4-6,8-9,19H,2-3,7,10-16H2,1H3;(H,6,7). The minimum absolute atomic E-state index is 0.0162. The molecule has 1 aliphatic rings. The number of carbonyl (C=O) groups is 2. The van der Waals surface area contributed by atoms with Crippen LogP contribution in [0.1, 0.15) is 36.5 Å². The van der Waals surface area contributed by atoms with E-state index in [4.69, 9.17) is 9.90 Å². The van der Waals surface area contributed by atoms with E-state index in [9.17, 15) is 26.4 Å². The topological polar surface area (TPSA) is 107 Å². The summed E-state index contributed by atoms with van der Waals surface area (Å²) in [6.45, 7) is 5.32. The summed E-state index contributed by atoms with van der Waals surface area (Å²) in [6, 6.07) is 9.08. The van der Waals surface area contributed by atoms with Crippen LogP contribution in [0, 0.1) is 0 Å². The van der Waals surface area contributed by atoms with Gasteiger partial charge in [0.25, 0.3) is 5.91 Å². The molecule has 32 heavy (non-hydrogen) atoms. The van der Waals surface area contributed by atoms with Crippen LogP contribution in [0.2, 0.25) is 0 Å². The summed E-state index contributed by atoms with van der Waals surface area (Å²) in [4.78, 5) is 23.3. The van der Waals surface area contributed by atoms with Crippen molar-refractivity contribution in [1.82, 2.24) is 14.5 Å². The molecule has 1 amide bonds. The van der Waals surface area contributed by atoms with Crippen LogP contribution >= 0.6 is 0 Å². The van der Waals surface area contributed by atoms with E-state index in [2.05, 4.69) is 12.2 Å². The number of unbranched alkanes of at least 4 members (excludes halogenated alkanes) is 2. The molecule has 0 aliphatic carbocycles. The monoisotopic (exact) mass is 481 g/mol. The maximum Gasteiger partial charge on any atom is 0.490 e. The van der Waals surface area contributed by atoms with E-state index in [1.807, 2.05) is 18.2 Å². The van der Waals surface area contributed by atoms with Gasteiger partial charge in [-0.25, -0.2) is 13.2 Å². The molecule has 1 aromatic carbocycles. The Morgan fingerprint density at radius 1 is 1.09 bits per heavy atom. The molecule has 0 spiro atoms. The lowest BCUT2D eigenvalue weighted by atomic mass is 10.2. The quantitative estimate of drug-likeness (QED) is 0.524. The van der Waals surface area contributed by atoms with Crippen LogP contribution in [0.15, 0.2) is 30.3 Å². The first kappa shape index (κ1) is 27.9. The highest BCUT2D eigenvalue weighted by atomic mass is 32.2. The molecule has 182 valence electrons. The van der Waals surface area contributed by atoms with Gasteiger partial charge in [0.2, 0.25) is 10.0 Å². The molecule has 0 atom stereocenters. The molecule has 0 bridgehead atoms. The van der Waals surface area contributed by atoms with Crippen LogP contribution in [0.25, 0.3) is 0 Å². The molecule has 2 N–H and O–H groups in total. The summed E-state index contributed by atoms with van der Waals surface area (Å²) >= 11 is 0. The highest BCUT2D eigenvalue weighted by Gasteiger charge is 2.38. The molecule has 12 heteroatoms. The smallest absolute Gasteiger partial charge is 0.475 e. The second-order valence-corrected chi connectivity index (χ2v) is 9.22. The number of hydrogen-bond acceptors (Lipinski definition) is 5. The molecular weight excluding hydrogens is 451 g/mol. The Balaban J connectivity index is 0.000000633. The molecule has 1 aliphatic heterocycles. The molecule has 0 saturated carbocycles. The summed E-state index contributed by atoms with van der Waals surface area (Å²) in [5.41, 5.74) is 0.610. The lowest BCUT2D eigenvalue weighted by Crippen LogP contribution is -2.48. The number of benzene rings is 1. The second kappa shape index (κ2) is 13.4. The number of halogens is 3. The SMILES string of the molecule is CCCCCN(CCS(=O)(=O)N1CCNCC1)C(=O)c1ccccc1.O=C(O)C(F)(F)F. The molecule has 1 fully saturated rings. The van der Waals surface area contributed by atoms with Crippen LogP contribution in [0.5, 0.6) is 0 Å². The molecule has 0 unspecified atom stereocenters. The minimum atomic E-state index is -5.08. The zero-order valence-corrected chi connectivity index (χ0v) is 18.8. The van der Waals surface area contributed by atoms with E-state index in [1.165, 1.54) is 4.31 Å². The molecule has 2 rings (SSSR count). The Bertz CT molecular complexity index is 814. The van der Waals surface area contributed by atoms with Gasteiger partial charge in [0.15, 0.2) is 0 Å². The molecule has 0 radical (unpaired) electrons. The van der Waals surface area contributed by atoms with E-state index in [0.29, 0.717) is 38.3 Å². The number of piperazine rings is 1. The lowest BCUT2D eigenvalue weighted by Gasteiger charge is -2.28. The fraction of sp³-hybridized carbons (Fsp3) is 0.600. The number of alkyl halides is 3. The first-order valence-corrected chi connectivity index (χ1v) is 11.9. The number of sulfonamides is 1. The van der Waals surface area contributed by atoms with Crippen molar-refractivity contribution in [2.75, 3.05) is 45.0 Å². The molecule has 1 saturated heterocycles. The van der Waals surface area contributed by atoms with Gasteiger partial charge in [-0.2, -0.15) is 17.5 Å². The minimum Gasteiger partial charge on any atom is -0.475 e. The van der Waals surface area contributed by atoms with E-state index < -0.39 is 22.2 Å². The van der Waals surface area contributed by atoms with Crippen molar-refractivity contribution in [1.29, 1.82) is 0 Å². The van der Waals surface area contributed by atoms with Crippen molar-refractivity contribution in [2.45, 2.75) is 32.4 Å². The zero-order valence-electron chi connectivity index (χ0n) is 18.0. The Morgan fingerprint density at radius 2 is 1.66 bits per heavy atom. The second-order valence-electron chi connectivity index (χ2n) is 7.13. The normalized spacial score (nSPS) is 14.9. The third kappa shape index (κ3) is 9.96. The summed E-state index contributed by atoms with van der Waals surface area (Å²) in [5, 5.41) is 10.3. The molecule has 8 nitrogen and oxygen atoms in total. The lowest BCUT2D eigenvalue weighted by molar-refractivity contribution is -0.192.